The van der Waals surface area contributed by atoms with Crippen LogP contribution in [-0.4, -0.2) is 12.7 Å². The summed E-state index contributed by atoms with van der Waals surface area (Å²) in [5, 5.41) is 0. The monoisotopic (exact) mass is 195 g/mol. The lowest BCUT2D eigenvalue weighted by Crippen LogP contribution is -2.30. The average molecular weight is 195 g/mol. The maximum atomic E-state index is 5.19. The molecule has 78 valence electrons. The van der Waals surface area contributed by atoms with Crippen LogP contribution in [0.2, 0.25) is 0 Å². The molecule has 0 aliphatic carbocycles. The number of hydrogen-bond donors (Lipinski definition) is 1. The second-order valence-electron chi connectivity index (χ2n) is 3.90. The molecule has 0 aromatic heterocycles. The fourth-order valence-corrected chi connectivity index (χ4v) is 1.28. The Morgan fingerprint density at radius 2 is 1.79 bits per heavy atom. The molecule has 3 heteroatoms. The van der Waals surface area contributed by atoms with E-state index in [9.17, 15) is 0 Å². The molecule has 0 fully saturated rings. The normalized spacial score (nSPS) is 11.4. The Hall–Kier alpha value is -1.06. The fraction of sp³-hybridized carbons (Fsp3) is 0.455. The van der Waals surface area contributed by atoms with Crippen LogP contribution >= 0.6 is 0 Å². The lowest BCUT2D eigenvalue weighted by molar-refractivity contribution is -0.0187. The van der Waals surface area contributed by atoms with Crippen molar-refractivity contribution in [1.82, 2.24) is 0 Å². The van der Waals surface area contributed by atoms with Gasteiger partial charge in [-0.15, -0.1) is 0 Å². The smallest absolute Gasteiger partial charge is 0.118 e. The van der Waals surface area contributed by atoms with Crippen molar-refractivity contribution in [3.05, 3.63) is 29.8 Å². The van der Waals surface area contributed by atoms with E-state index in [0.29, 0.717) is 0 Å². The minimum absolute atomic E-state index is 0.325. The molecule has 0 saturated carbocycles. The third-order valence-electron chi connectivity index (χ3n) is 2.11. The van der Waals surface area contributed by atoms with Crippen LogP contribution in [0.4, 0.5) is 0 Å². The second kappa shape index (κ2) is 4.44. The Balaban J connectivity index is 2.69. The fourth-order valence-electron chi connectivity index (χ4n) is 1.28. The van der Waals surface area contributed by atoms with E-state index in [-0.39, 0.29) is 5.60 Å². The van der Waals surface area contributed by atoms with Gasteiger partial charge >= 0.3 is 0 Å². The third-order valence-corrected chi connectivity index (χ3v) is 2.11. The lowest BCUT2D eigenvalue weighted by atomic mass is 9.99. The molecule has 0 spiro atoms. The Morgan fingerprint density at radius 3 is 2.21 bits per heavy atom. The van der Waals surface area contributed by atoms with Gasteiger partial charge in [0.2, 0.25) is 0 Å². The van der Waals surface area contributed by atoms with Crippen LogP contribution in [0.5, 0.6) is 5.75 Å². The minimum atomic E-state index is -0.325. The molecule has 0 aliphatic rings. The van der Waals surface area contributed by atoms with Crippen LogP contribution < -0.4 is 10.6 Å². The molecule has 0 aliphatic heterocycles. The van der Waals surface area contributed by atoms with E-state index in [2.05, 4.69) is 0 Å². The maximum absolute atomic E-state index is 5.19. The van der Waals surface area contributed by atoms with Crippen LogP contribution in [0.3, 0.4) is 0 Å². The number of rotatable bonds is 4. The first-order valence-electron chi connectivity index (χ1n) is 4.58. The SMILES string of the molecule is COc1ccc(CC(C)(C)ON)cc1. The zero-order valence-electron chi connectivity index (χ0n) is 8.91. The van der Waals surface area contributed by atoms with Crippen molar-refractivity contribution < 1.29 is 9.57 Å². The molecular formula is C11H17NO2. The summed E-state index contributed by atoms with van der Waals surface area (Å²) in [6.45, 7) is 3.91. The second-order valence-corrected chi connectivity index (χ2v) is 3.90. The van der Waals surface area contributed by atoms with Gasteiger partial charge in [0.05, 0.1) is 12.7 Å². The van der Waals surface area contributed by atoms with Gasteiger partial charge in [-0.2, -0.15) is 0 Å². The highest BCUT2D eigenvalue weighted by molar-refractivity contribution is 5.27. The molecule has 0 radical (unpaired) electrons. The van der Waals surface area contributed by atoms with E-state index in [1.54, 1.807) is 7.11 Å². The topological polar surface area (TPSA) is 44.5 Å². The van der Waals surface area contributed by atoms with Crippen molar-refractivity contribution in [2.75, 3.05) is 7.11 Å². The van der Waals surface area contributed by atoms with Crippen LogP contribution in [0.1, 0.15) is 19.4 Å². The molecule has 0 amide bonds. The predicted molar refractivity (Wildman–Crippen MR) is 56.0 cm³/mol. The van der Waals surface area contributed by atoms with Gasteiger partial charge in [-0.3, -0.25) is 4.84 Å². The molecule has 14 heavy (non-hydrogen) atoms. The minimum Gasteiger partial charge on any atom is -0.497 e. The van der Waals surface area contributed by atoms with Gasteiger partial charge in [0.1, 0.15) is 5.75 Å². The van der Waals surface area contributed by atoms with Crippen molar-refractivity contribution in [2.24, 2.45) is 5.90 Å². The molecule has 0 saturated heterocycles. The highest BCUT2D eigenvalue weighted by atomic mass is 16.6. The zero-order chi connectivity index (χ0) is 10.6. The molecule has 2 N–H and O–H groups in total. The molecule has 0 bridgehead atoms. The van der Waals surface area contributed by atoms with E-state index < -0.39 is 0 Å². The van der Waals surface area contributed by atoms with Crippen molar-refractivity contribution in [2.45, 2.75) is 25.9 Å². The van der Waals surface area contributed by atoms with Gasteiger partial charge in [0, 0.05) is 6.42 Å². The van der Waals surface area contributed by atoms with Crippen molar-refractivity contribution in [3.63, 3.8) is 0 Å². The summed E-state index contributed by atoms with van der Waals surface area (Å²) >= 11 is 0. The molecule has 0 heterocycles. The third kappa shape index (κ3) is 3.01. The van der Waals surface area contributed by atoms with Gasteiger partial charge in [-0.05, 0) is 31.5 Å². The summed E-state index contributed by atoms with van der Waals surface area (Å²) in [7, 11) is 1.65. The standard InChI is InChI=1S/C11H17NO2/c1-11(2,14-12)8-9-4-6-10(13-3)7-5-9/h4-7H,8,12H2,1-3H3. The summed E-state index contributed by atoms with van der Waals surface area (Å²) in [6, 6.07) is 7.89. The molecule has 3 nitrogen and oxygen atoms in total. The van der Waals surface area contributed by atoms with Crippen LogP contribution in [0, 0.1) is 0 Å². The van der Waals surface area contributed by atoms with E-state index in [1.807, 2.05) is 38.1 Å². The number of hydrogen-bond acceptors (Lipinski definition) is 3. The van der Waals surface area contributed by atoms with Gasteiger partial charge < -0.3 is 4.74 Å². The summed E-state index contributed by atoms with van der Waals surface area (Å²) in [6.07, 6.45) is 0.785. The highest BCUT2D eigenvalue weighted by Crippen LogP contribution is 2.17. The summed E-state index contributed by atoms with van der Waals surface area (Å²) in [5.74, 6) is 6.05. The molecule has 0 atom stereocenters. The number of ether oxygens (including phenoxy) is 1. The molecule has 1 rings (SSSR count). The van der Waals surface area contributed by atoms with Gasteiger partial charge in [0.15, 0.2) is 0 Å². The van der Waals surface area contributed by atoms with E-state index >= 15 is 0 Å². The molecule has 0 unspecified atom stereocenters. The van der Waals surface area contributed by atoms with Crippen LogP contribution in [-0.2, 0) is 11.3 Å². The molecule has 1 aromatic rings. The lowest BCUT2D eigenvalue weighted by Gasteiger charge is -2.21. The van der Waals surface area contributed by atoms with E-state index in [4.69, 9.17) is 15.5 Å². The van der Waals surface area contributed by atoms with Gasteiger partial charge in [0.25, 0.3) is 0 Å². The Morgan fingerprint density at radius 1 is 1.21 bits per heavy atom. The quantitative estimate of drug-likeness (QED) is 0.746. The highest BCUT2D eigenvalue weighted by Gasteiger charge is 2.17. The van der Waals surface area contributed by atoms with E-state index in [0.717, 1.165) is 12.2 Å². The van der Waals surface area contributed by atoms with Crippen molar-refractivity contribution >= 4 is 0 Å². The first-order valence-corrected chi connectivity index (χ1v) is 4.58. The number of methoxy groups -OCH3 is 1. The summed E-state index contributed by atoms with van der Waals surface area (Å²) in [4.78, 5) is 4.87. The van der Waals surface area contributed by atoms with Crippen LogP contribution in [0.15, 0.2) is 24.3 Å². The maximum Gasteiger partial charge on any atom is 0.118 e. The Labute approximate surface area is 84.8 Å². The van der Waals surface area contributed by atoms with Crippen molar-refractivity contribution in [3.8, 4) is 5.75 Å². The molecular weight excluding hydrogens is 178 g/mol. The van der Waals surface area contributed by atoms with E-state index in [1.165, 1.54) is 5.56 Å². The summed E-state index contributed by atoms with van der Waals surface area (Å²) < 4.78 is 5.07. The largest absolute Gasteiger partial charge is 0.497 e. The Bertz CT molecular complexity index is 280. The van der Waals surface area contributed by atoms with Gasteiger partial charge in [-0.1, -0.05) is 12.1 Å². The first kappa shape index (κ1) is 11.0. The first-order chi connectivity index (χ1) is 6.57. The number of benzene rings is 1. The van der Waals surface area contributed by atoms with Crippen LogP contribution in [0.25, 0.3) is 0 Å². The predicted octanol–water partition coefficient (Wildman–Crippen LogP) is 1.91. The number of nitrogens with two attached hydrogens (primary N) is 1. The van der Waals surface area contributed by atoms with Gasteiger partial charge in [-0.25, -0.2) is 5.90 Å². The average Bonchev–Trinajstić information content (AvgIpc) is 2.19. The molecule has 1 aromatic carbocycles. The summed E-state index contributed by atoms with van der Waals surface area (Å²) in [5.41, 5.74) is 0.857. The van der Waals surface area contributed by atoms with Crippen molar-refractivity contribution in [1.29, 1.82) is 0 Å². The Kier molecular flexibility index (Phi) is 3.49. The zero-order valence-corrected chi connectivity index (χ0v) is 8.91.